The lowest BCUT2D eigenvalue weighted by Gasteiger charge is -2.09. The third-order valence-corrected chi connectivity index (χ3v) is 5.17. The molecular formula is C22H17F3N8O2. The Bertz CT molecular complexity index is 1410. The monoisotopic (exact) mass is 482 g/mol. The zero-order chi connectivity index (χ0) is 24.4. The summed E-state index contributed by atoms with van der Waals surface area (Å²) < 4.78 is 52.5. The predicted octanol–water partition coefficient (Wildman–Crippen LogP) is 3.77. The van der Waals surface area contributed by atoms with E-state index in [-0.39, 0.29) is 18.4 Å². The Morgan fingerprint density at radius 3 is 2.57 bits per heavy atom. The van der Waals surface area contributed by atoms with Crippen LogP contribution in [0.3, 0.4) is 0 Å². The zero-order valence-corrected chi connectivity index (χ0v) is 18.2. The first-order chi connectivity index (χ1) is 16.9. The molecule has 0 aliphatic rings. The molecule has 0 aliphatic carbocycles. The lowest BCUT2D eigenvalue weighted by molar-refractivity contribution is -0.137. The average Bonchev–Trinajstić information content (AvgIpc) is 3.60. The van der Waals surface area contributed by atoms with Crippen LogP contribution in [0.1, 0.15) is 16.8 Å². The van der Waals surface area contributed by atoms with Gasteiger partial charge in [-0.3, -0.25) is 4.68 Å². The molecule has 178 valence electrons. The highest BCUT2D eigenvalue weighted by molar-refractivity contribution is 5.61. The molecule has 0 N–H and O–H groups in total. The van der Waals surface area contributed by atoms with E-state index in [4.69, 9.17) is 9.26 Å². The summed E-state index contributed by atoms with van der Waals surface area (Å²) in [5.74, 6) is 0.675. The second-order valence-corrected chi connectivity index (χ2v) is 7.52. The van der Waals surface area contributed by atoms with Crippen molar-refractivity contribution < 1.29 is 22.4 Å². The van der Waals surface area contributed by atoms with Crippen molar-refractivity contribution in [1.29, 1.82) is 0 Å². The standard InChI is InChI=1S/C22H17F3N8O2/c1-32-18(13-34-19-7-6-16(10-26-19)22(23,24)25)17(11-28-32)21-29-20(30-35-21)15-4-2-14(3-5-15)12-33-9-8-27-31-33/h2-11H,12-13H2,1H3. The Morgan fingerprint density at radius 2 is 1.89 bits per heavy atom. The number of nitrogens with zero attached hydrogens (tertiary/aromatic N) is 8. The molecule has 4 heterocycles. The quantitative estimate of drug-likeness (QED) is 0.345. The van der Waals surface area contributed by atoms with E-state index in [0.29, 0.717) is 23.6 Å². The Morgan fingerprint density at radius 1 is 1.06 bits per heavy atom. The summed E-state index contributed by atoms with van der Waals surface area (Å²) in [6.07, 6.45) is 1.21. The molecule has 0 saturated heterocycles. The van der Waals surface area contributed by atoms with Crippen molar-refractivity contribution in [2.45, 2.75) is 19.3 Å². The second-order valence-electron chi connectivity index (χ2n) is 7.52. The number of ether oxygens (including phenoxy) is 1. The second kappa shape index (κ2) is 9.00. The normalized spacial score (nSPS) is 11.7. The third-order valence-electron chi connectivity index (χ3n) is 5.17. The number of halogens is 3. The Labute approximate surface area is 196 Å². The predicted molar refractivity (Wildman–Crippen MR) is 115 cm³/mol. The van der Waals surface area contributed by atoms with Crippen LogP contribution in [0.4, 0.5) is 13.2 Å². The van der Waals surface area contributed by atoms with Crippen molar-refractivity contribution in [2.24, 2.45) is 7.05 Å². The summed E-state index contributed by atoms with van der Waals surface area (Å²) in [5, 5.41) is 16.0. The Kier molecular flexibility index (Phi) is 5.73. The van der Waals surface area contributed by atoms with Crippen LogP contribution in [0.5, 0.6) is 5.88 Å². The number of hydrogen-bond acceptors (Lipinski definition) is 8. The molecule has 0 bridgehead atoms. The molecule has 10 nitrogen and oxygen atoms in total. The maximum absolute atomic E-state index is 12.7. The molecule has 0 amide bonds. The molecule has 0 saturated carbocycles. The van der Waals surface area contributed by atoms with Gasteiger partial charge in [0.05, 0.1) is 35.8 Å². The average molecular weight is 482 g/mol. The van der Waals surface area contributed by atoms with Crippen LogP contribution >= 0.6 is 0 Å². The highest BCUT2D eigenvalue weighted by Crippen LogP contribution is 2.30. The van der Waals surface area contributed by atoms with Crippen molar-refractivity contribution in [3.63, 3.8) is 0 Å². The fraction of sp³-hybridized carbons (Fsp3) is 0.182. The largest absolute Gasteiger partial charge is 0.471 e. The van der Waals surface area contributed by atoms with Crippen LogP contribution in [-0.2, 0) is 26.4 Å². The van der Waals surface area contributed by atoms with Gasteiger partial charge in [0.2, 0.25) is 11.7 Å². The lowest BCUT2D eigenvalue weighted by atomic mass is 10.1. The van der Waals surface area contributed by atoms with Crippen LogP contribution < -0.4 is 4.74 Å². The summed E-state index contributed by atoms with van der Waals surface area (Å²) in [7, 11) is 1.70. The topological polar surface area (TPSA) is 110 Å². The molecular weight excluding hydrogens is 465 g/mol. The third kappa shape index (κ3) is 4.88. The summed E-state index contributed by atoms with van der Waals surface area (Å²) in [4.78, 5) is 8.19. The minimum absolute atomic E-state index is 0.0150. The number of alkyl halides is 3. The molecule has 0 radical (unpaired) electrons. The van der Waals surface area contributed by atoms with Gasteiger partial charge in [-0.2, -0.15) is 23.3 Å². The first kappa shape index (κ1) is 22.3. The summed E-state index contributed by atoms with van der Waals surface area (Å²) in [6, 6.07) is 9.71. The van der Waals surface area contributed by atoms with Gasteiger partial charge < -0.3 is 9.26 Å². The molecule has 0 unspecified atom stereocenters. The van der Waals surface area contributed by atoms with E-state index in [9.17, 15) is 13.2 Å². The summed E-state index contributed by atoms with van der Waals surface area (Å²) >= 11 is 0. The molecule has 0 atom stereocenters. The minimum atomic E-state index is -4.46. The number of benzene rings is 1. The van der Waals surface area contributed by atoms with Crippen LogP contribution in [0.25, 0.3) is 22.8 Å². The van der Waals surface area contributed by atoms with E-state index in [1.165, 1.54) is 0 Å². The van der Waals surface area contributed by atoms with Gasteiger partial charge in [0, 0.05) is 31.1 Å². The van der Waals surface area contributed by atoms with Crippen LogP contribution in [0.15, 0.2) is 65.7 Å². The van der Waals surface area contributed by atoms with Crippen LogP contribution in [0.2, 0.25) is 0 Å². The molecule has 4 aromatic heterocycles. The van der Waals surface area contributed by atoms with E-state index in [0.717, 1.165) is 29.5 Å². The first-order valence-corrected chi connectivity index (χ1v) is 10.3. The lowest BCUT2D eigenvalue weighted by Crippen LogP contribution is -2.07. The molecule has 0 spiro atoms. The van der Waals surface area contributed by atoms with Crippen molar-refractivity contribution >= 4 is 0 Å². The maximum atomic E-state index is 12.7. The van der Waals surface area contributed by atoms with Gasteiger partial charge in [0.15, 0.2) is 0 Å². The number of rotatable bonds is 7. The zero-order valence-electron chi connectivity index (χ0n) is 18.2. The smallest absolute Gasteiger partial charge is 0.417 e. The maximum Gasteiger partial charge on any atom is 0.417 e. The van der Waals surface area contributed by atoms with Gasteiger partial charge in [-0.15, -0.1) is 5.10 Å². The van der Waals surface area contributed by atoms with Crippen molar-refractivity contribution in [1.82, 2.24) is 39.9 Å². The van der Waals surface area contributed by atoms with Crippen LogP contribution in [-0.4, -0.2) is 39.9 Å². The van der Waals surface area contributed by atoms with Gasteiger partial charge >= 0.3 is 6.18 Å². The summed E-state index contributed by atoms with van der Waals surface area (Å²) in [6.45, 7) is 0.573. The molecule has 1 aromatic carbocycles. The SMILES string of the molecule is Cn1ncc(-c2nc(-c3ccc(Cn4ccnn4)cc3)no2)c1COc1ccc(C(F)(F)F)cn1. The van der Waals surface area contributed by atoms with Crippen molar-refractivity contribution in [3.8, 4) is 28.7 Å². The van der Waals surface area contributed by atoms with Gasteiger partial charge in [0.25, 0.3) is 5.89 Å². The van der Waals surface area contributed by atoms with E-state index in [1.54, 1.807) is 35.0 Å². The Hall–Kier alpha value is -4.55. The van der Waals surface area contributed by atoms with Crippen LogP contribution in [0, 0.1) is 0 Å². The fourth-order valence-corrected chi connectivity index (χ4v) is 3.30. The molecule has 0 fully saturated rings. The number of aromatic nitrogens is 8. The van der Waals surface area contributed by atoms with E-state index < -0.39 is 11.7 Å². The van der Waals surface area contributed by atoms with Gasteiger partial charge in [-0.25, -0.2) is 9.67 Å². The molecule has 35 heavy (non-hydrogen) atoms. The molecule has 5 rings (SSSR count). The minimum Gasteiger partial charge on any atom is -0.471 e. The molecule has 5 aromatic rings. The molecule has 0 aliphatic heterocycles. The highest BCUT2D eigenvalue weighted by atomic mass is 19.4. The van der Waals surface area contributed by atoms with Crippen molar-refractivity contribution in [3.05, 3.63) is 78.0 Å². The van der Waals surface area contributed by atoms with Crippen molar-refractivity contribution in [2.75, 3.05) is 0 Å². The number of hydrogen-bond donors (Lipinski definition) is 0. The van der Waals surface area contributed by atoms with Gasteiger partial charge in [0.1, 0.15) is 6.61 Å². The van der Waals surface area contributed by atoms with Gasteiger partial charge in [-0.05, 0) is 11.6 Å². The molecule has 13 heteroatoms. The first-order valence-electron chi connectivity index (χ1n) is 10.3. The van der Waals surface area contributed by atoms with E-state index >= 15 is 0 Å². The van der Waals surface area contributed by atoms with Gasteiger partial charge in [-0.1, -0.05) is 34.6 Å². The summed E-state index contributed by atoms with van der Waals surface area (Å²) in [5.41, 5.74) is 2.08. The highest BCUT2D eigenvalue weighted by Gasteiger charge is 2.30. The fourth-order valence-electron chi connectivity index (χ4n) is 3.30. The van der Waals surface area contributed by atoms with E-state index in [1.807, 2.05) is 24.3 Å². The number of pyridine rings is 1. The Balaban J connectivity index is 1.30. The number of aryl methyl sites for hydroxylation is 1. The van der Waals surface area contributed by atoms with E-state index in [2.05, 4.69) is 30.5 Å².